The Kier molecular flexibility index (Phi) is 5.22. The summed E-state index contributed by atoms with van der Waals surface area (Å²) in [7, 11) is 0. The summed E-state index contributed by atoms with van der Waals surface area (Å²) in [5, 5.41) is 12.7. The van der Waals surface area contributed by atoms with E-state index in [-0.39, 0.29) is 29.6 Å². The Labute approximate surface area is 143 Å². The zero-order valence-corrected chi connectivity index (χ0v) is 14.1. The molecule has 0 spiro atoms. The molecule has 1 aromatic heterocycles. The van der Waals surface area contributed by atoms with Crippen LogP contribution in [0.5, 0.6) is 5.75 Å². The Balaban J connectivity index is 1.99. The predicted molar refractivity (Wildman–Crippen MR) is 86.5 cm³/mol. The van der Waals surface area contributed by atoms with Crippen LogP contribution in [0.15, 0.2) is 16.7 Å². The van der Waals surface area contributed by atoms with Gasteiger partial charge in [-0.25, -0.2) is 0 Å². The number of aliphatic hydroxyl groups excluding tert-OH is 1. The molecule has 0 amide bonds. The Bertz CT molecular complexity index is 726. The smallest absolute Gasteiger partial charge is 0.437 e. The first-order chi connectivity index (χ1) is 12.0. The molecule has 1 aliphatic carbocycles. The minimum Gasteiger partial charge on any atom is -0.490 e. The third kappa shape index (κ3) is 3.61. The topological polar surface area (TPSA) is 55.5 Å². The zero-order chi connectivity index (χ0) is 18.0. The SMILES string of the molecule is CCCc1c(O[C@@H]2CCCC[C@H]2CO)ccc2c(C(F)(F)F)noc12. The number of fused-ring (bicyclic) bond motifs is 1. The van der Waals surface area contributed by atoms with Crippen molar-refractivity contribution in [1.82, 2.24) is 5.16 Å². The first kappa shape index (κ1) is 18.0. The van der Waals surface area contributed by atoms with E-state index in [1.54, 1.807) is 6.07 Å². The summed E-state index contributed by atoms with van der Waals surface area (Å²) >= 11 is 0. The van der Waals surface area contributed by atoms with Crippen LogP contribution in [0, 0.1) is 5.92 Å². The number of nitrogens with zero attached hydrogens (tertiary/aromatic N) is 1. The van der Waals surface area contributed by atoms with Crippen molar-refractivity contribution in [3.63, 3.8) is 0 Å². The van der Waals surface area contributed by atoms with Crippen molar-refractivity contribution in [2.24, 2.45) is 5.92 Å². The maximum Gasteiger partial charge on any atom is 0.437 e. The van der Waals surface area contributed by atoms with Crippen LogP contribution < -0.4 is 4.74 Å². The van der Waals surface area contributed by atoms with Gasteiger partial charge in [-0.15, -0.1) is 0 Å². The highest BCUT2D eigenvalue weighted by atomic mass is 19.4. The van der Waals surface area contributed by atoms with Crippen molar-refractivity contribution < 1.29 is 27.5 Å². The summed E-state index contributed by atoms with van der Waals surface area (Å²) in [6.07, 6.45) is 0.406. The highest BCUT2D eigenvalue weighted by molar-refractivity contribution is 5.85. The number of alkyl halides is 3. The van der Waals surface area contributed by atoms with Crippen molar-refractivity contribution in [2.45, 2.75) is 57.7 Å². The van der Waals surface area contributed by atoms with Gasteiger partial charge in [-0.2, -0.15) is 13.2 Å². The van der Waals surface area contributed by atoms with E-state index in [4.69, 9.17) is 9.26 Å². The molecule has 2 aromatic rings. The zero-order valence-electron chi connectivity index (χ0n) is 14.1. The van der Waals surface area contributed by atoms with Crippen LogP contribution in [0.2, 0.25) is 0 Å². The molecule has 4 nitrogen and oxygen atoms in total. The molecule has 0 radical (unpaired) electrons. The molecular formula is C18H22F3NO3. The fraction of sp³-hybridized carbons (Fsp3) is 0.611. The minimum atomic E-state index is -4.55. The molecule has 1 saturated carbocycles. The maximum atomic E-state index is 13.1. The largest absolute Gasteiger partial charge is 0.490 e. The van der Waals surface area contributed by atoms with Gasteiger partial charge >= 0.3 is 6.18 Å². The molecule has 1 aromatic carbocycles. The molecule has 0 bridgehead atoms. The fourth-order valence-electron chi connectivity index (χ4n) is 3.54. The molecule has 3 rings (SSSR count). The van der Waals surface area contributed by atoms with Gasteiger partial charge in [-0.1, -0.05) is 24.9 Å². The van der Waals surface area contributed by atoms with E-state index >= 15 is 0 Å². The second kappa shape index (κ2) is 7.23. The number of benzene rings is 1. The van der Waals surface area contributed by atoms with Crippen LogP contribution in [0.3, 0.4) is 0 Å². The molecule has 1 heterocycles. The molecule has 2 atom stereocenters. The van der Waals surface area contributed by atoms with Crippen LogP contribution >= 0.6 is 0 Å². The van der Waals surface area contributed by atoms with E-state index in [0.717, 1.165) is 32.1 Å². The summed E-state index contributed by atoms with van der Waals surface area (Å²) in [5.41, 5.74) is -0.245. The predicted octanol–water partition coefficient (Wildman–Crippen LogP) is 4.73. The Morgan fingerprint density at radius 3 is 2.72 bits per heavy atom. The van der Waals surface area contributed by atoms with Gasteiger partial charge in [0, 0.05) is 18.1 Å². The second-order valence-electron chi connectivity index (χ2n) is 6.58. The highest BCUT2D eigenvalue weighted by Gasteiger charge is 2.38. The highest BCUT2D eigenvalue weighted by Crippen LogP contribution is 2.39. The molecule has 1 aliphatic rings. The molecule has 138 valence electrons. The summed E-state index contributed by atoms with van der Waals surface area (Å²) in [6.45, 7) is 2.00. The number of hydrogen-bond acceptors (Lipinski definition) is 4. The van der Waals surface area contributed by atoms with E-state index in [9.17, 15) is 18.3 Å². The standard InChI is InChI=1S/C18H22F3NO3/c1-2-5-12-15(24-14-7-4-3-6-11(14)10-23)9-8-13-16(12)25-22-17(13)18(19,20)21/h8-9,11,14,23H,2-7,10H2,1H3/t11-,14+/m0/s1. The Morgan fingerprint density at radius 2 is 2.04 bits per heavy atom. The quantitative estimate of drug-likeness (QED) is 0.841. The molecule has 0 unspecified atom stereocenters. The van der Waals surface area contributed by atoms with Gasteiger partial charge in [0.1, 0.15) is 11.9 Å². The van der Waals surface area contributed by atoms with Crippen molar-refractivity contribution >= 4 is 11.0 Å². The average Bonchev–Trinajstić information content (AvgIpc) is 3.02. The van der Waals surface area contributed by atoms with Crippen LogP contribution in [-0.4, -0.2) is 23.0 Å². The monoisotopic (exact) mass is 357 g/mol. The van der Waals surface area contributed by atoms with Gasteiger partial charge in [0.2, 0.25) is 0 Å². The molecule has 0 aliphatic heterocycles. The lowest BCUT2D eigenvalue weighted by atomic mass is 9.87. The normalized spacial score (nSPS) is 21.6. The van der Waals surface area contributed by atoms with Crippen molar-refractivity contribution in [3.05, 3.63) is 23.4 Å². The number of rotatable bonds is 5. The lowest BCUT2D eigenvalue weighted by Gasteiger charge is -2.31. The molecular weight excluding hydrogens is 335 g/mol. The third-order valence-corrected chi connectivity index (χ3v) is 4.82. The van der Waals surface area contributed by atoms with Crippen molar-refractivity contribution in [1.29, 1.82) is 0 Å². The van der Waals surface area contributed by atoms with E-state index in [1.165, 1.54) is 6.07 Å². The Morgan fingerprint density at radius 1 is 1.28 bits per heavy atom. The van der Waals surface area contributed by atoms with Crippen molar-refractivity contribution in [3.8, 4) is 5.75 Å². The number of aliphatic hydroxyl groups is 1. The average molecular weight is 357 g/mol. The Hall–Kier alpha value is -1.76. The van der Waals surface area contributed by atoms with E-state index < -0.39 is 11.9 Å². The summed E-state index contributed by atoms with van der Waals surface area (Å²) in [6, 6.07) is 2.93. The lowest BCUT2D eigenvalue weighted by Crippen LogP contribution is -2.32. The van der Waals surface area contributed by atoms with Gasteiger partial charge in [0.25, 0.3) is 0 Å². The van der Waals surface area contributed by atoms with Gasteiger partial charge < -0.3 is 14.4 Å². The van der Waals surface area contributed by atoms with Gasteiger partial charge in [0.05, 0.1) is 5.39 Å². The van der Waals surface area contributed by atoms with Gasteiger partial charge in [-0.3, -0.25) is 0 Å². The maximum absolute atomic E-state index is 13.1. The molecule has 7 heteroatoms. The number of halogens is 3. The van der Waals surface area contributed by atoms with E-state index in [0.29, 0.717) is 17.7 Å². The fourth-order valence-corrected chi connectivity index (χ4v) is 3.54. The minimum absolute atomic E-state index is 0.0364. The number of aryl methyl sites for hydroxylation is 1. The van der Waals surface area contributed by atoms with Gasteiger partial charge in [0.15, 0.2) is 11.3 Å². The van der Waals surface area contributed by atoms with Crippen LogP contribution in [0.1, 0.15) is 50.3 Å². The molecule has 0 saturated heterocycles. The van der Waals surface area contributed by atoms with Gasteiger partial charge in [-0.05, 0) is 37.8 Å². The molecule has 25 heavy (non-hydrogen) atoms. The van der Waals surface area contributed by atoms with E-state index in [2.05, 4.69) is 5.16 Å². The van der Waals surface area contributed by atoms with Crippen LogP contribution in [-0.2, 0) is 12.6 Å². The van der Waals surface area contributed by atoms with Crippen molar-refractivity contribution in [2.75, 3.05) is 6.61 Å². The lowest BCUT2D eigenvalue weighted by molar-refractivity contribution is -0.141. The first-order valence-electron chi connectivity index (χ1n) is 8.71. The first-order valence-corrected chi connectivity index (χ1v) is 8.71. The summed E-state index contributed by atoms with van der Waals surface area (Å²) in [5.74, 6) is 0.587. The summed E-state index contributed by atoms with van der Waals surface area (Å²) < 4.78 is 50.3. The number of aromatic nitrogens is 1. The molecule has 1 fully saturated rings. The van der Waals surface area contributed by atoms with Crippen LogP contribution in [0.4, 0.5) is 13.2 Å². The van der Waals surface area contributed by atoms with E-state index in [1.807, 2.05) is 6.92 Å². The third-order valence-electron chi connectivity index (χ3n) is 4.82. The summed E-state index contributed by atoms with van der Waals surface area (Å²) in [4.78, 5) is 0. The second-order valence-corrected chi connectivity index (χ2v) is 6.58. The molecule has 1 N–H and O–H groups in total. The number of ether oxygens (including phenoxy) is 1. The van der Waals surface area contributed by atoms with Crippen LogP contribution in [0.25, 0.3) is 11.0 Å². The number of hydrogen-bond donors (Lipinski definition) is 1.